The lowest BCUT2D eigenvalue weighted by atomic mass is 10.0. The van der Waals surface area contributed by atoms with Crippen LogP contribution in [0.2, 0.25) is 0 Å². The molecule has 1 heterocycles. The van der Waals surface area contributed by atoms with Crippen LogP contribution >= 0.6 is 0 Å². The van der Waals surface area contributed by atoms with E-state index in [-0.39, 0.29) is 18.2 Å². The first-order valence-corrected chi connectivity index (χ1v) is 11.5. The van der Waals surface area contributed by atoms with E-state index in [1.807, 2.05) is 45.9 Å². The summed E-state index contributed by atoms with van der Waals surface area (Å²) in [6.45, 7) is 7.82. The van der Waals surface area contributed by atoms with E-state index < -0.39 is 0 Å². The molecular formula is C26H31N5O3. The van der Waals surface area contributed by atoms with Crippen molar-refractivity contribution in [3.8, 4) is 34.7 Å². The molecule has 0 fully saturated rings. The zero-order valence-corrected chi connectivity index (χ0v) is 20.5. The highest BCUT2D eigenvalue weighted by atomic mass is 16.5. The molecule has 0 spiro atoms. The lowest BCUT2D eigenvalue weighted by Crippen LogP contribution is -2.36. The molecule has 1 atom stereocenters. The van der Waals surface area contributed by atoms with E-state index in [0.29, 0.717) is 28.6 Å². The van der Waals surface area contributed by atoms with Crippen molar-refractivity contribution in [3.05, 3.63) is 53.1 Å². The van der Waals surface area contributed by atoms with E-state index in [1.165, 1.54) is 4.90 Å². The summed E-state index contributed by atoms with van der Waals surface area (Å²) in [5, 5.41) is 16.7. The van der Waals surface area contributed by atoms with E-state index >= 15 is 0 Å². The van der Waals surface area contributed by atoms with Crippen molar-refractivity contribution in [2.75, 3.05) is 14.1 Å². The Morgan fingerprint density at radius 2 is 2.03 bits per heavy atom. The number of benzene rings is 2. The highest BCUT2D eigenvalue weighted by Gasteiger charge is 2.28. The van der Waals surface area contributed by atoms with Gasteiger partial charge < -0.3 is 19.5 Å². The lowest BCUT2D eigenvalue weighted by molar-refractivity contribution is 0.213. The summed E-state index contributed by atoms with van der Waals surface area (Å²) in [4.78, 5) is 18.2. The Morgan fingerprint density at radius 3 is 2.71 bits per heavy atom. The molecule has 2 aromatic carbocycles. The molecule has 34 heavy (non-hydrogen) atoms. The van der Waals surface area contributed by atoms with Crippen LogP contribution in [0.1, 0.15) is 56.8 Å². The number of rotatable bonds is 5. The fourth-order valence-corrected chi connectivity index (χ4v) is 3.85. The third-order valence-electron chi connectivity index (χ3n) is 5.35. The second-order valence-corrected chi connectivity index (χ2v) is 8.22. The van der Waals surface area contributed by atoms with Gasteiger partial charge in [0.2, 0.25) is 5.82 Å². The summed E-state index contributed by atoms with van der Waals surface area (Å²) in [6.07, 6.45) is 1.60. The van der Waals surface area contributed by atoms with Crippen molar-refractivity contribution in [1.82, 2.24) is 20.4 Å². The molecule has 0 radical (unpaired) electrons. The van der Waals surface area contributed by atoms with Crippen LogP contribution in [0.3, 0.4) is 0 Å². The highest BCUT2D eigenvalue weighted by Crippen LogP contribution is 2.37. The maximum Gasteiger partial charge on any atom is 0.317 e. The molecule has 0 saturated heterocycles. The van der Waals surface area contributed by atoms with Gasteiger partial charge in [-0.05, 0) is 56.0 Å². The molecule has 4 rings (SSSR count). The molecule has 2 amide bonds. The van der Waals surface area contributed by atoms with Crippen molar-refractivity contribution >= 4 is 6.03 Å². The number of aromatic nitrogens is 2. The molecule has 0 saturated carbocycles. The number of amides is 2. The molecule has 178 valence electrons. The van der Waals surface area contributed by atoms with Gasteiger partial charge in [-0.1, -0.05) is 37.2 Å². The van der Waals surface area contributed by atoms with E-state index in [9.17, 15) is 10.1 Å². The van der Waals surface area contributed by atoms with Gasteiger partial charge in [0, 0.05) is 25.2 Å². The fraction of sp³-hybridized carbons (Fsp3) is 0.385. The van der Waals surface area contributed by atoms with Crippen LogP contribution in [-0.4, -0.2) is 41.3 Å². The van der Waals surface area contributed by atoms with Crippen LogP contribution in [0.4, 0.5) is 4.79 Å². The summed E-state index contributed by atoms with van der Waals surface area (Å²) in [6, 6.07) is 13.2. The number of urea groups is 1. The number of nitrogens with zero attached hydrogens (tertiary/aromatic N) is 4. The van der Waals surface area contributed by atoms with Crippen molar-refractivity contribution in [2.24, 2.45) is 0 Å². The maximum absolute atomic E-state index is 12.1. The lowest BCUT2D eigenvalue weighted by Gasteiger charge is -2.18. The topological polar surface area (TPSA) is 104 Å². The molecule has 1 aliphatic carbocycles. The number of carbonyl (C=O) groups is 1. The van der Waals surface area contributed by atoms with Crippen LogP contribution in [-0.2, 0) is 6.42 Å². The van der Waals surface area contributed by atoms with Crippen molar-refractivity contribution < 1.29 is 14.1 Å². The second kappa shape index (κ2) is 10.8. The Balaban J connectivity index is 0.00000158. The van der Waals surface area contributed by atoms with Crippen LogP contribution in [0.5, 0.6) is 5.75 Å². The molecule has 1 N–H and O–H groups in total. The Hall–Kier alpha value is -3.86. The minimum absolute atomic E-state index is 0.0329. The number of nitriles is 1. The zero-order valence-electron chi connectivity index (χ0n) is 20.5. The quantitative estimate of drug-likeness (QED) is 0.549. The summed E-state index contributed by atoms with van der Waals surface area (Å²) < 4.78 is 11.2. The van der Waals surface area contributed by atoms with Crippen LogP contribution in [0.25, 0.3) is 22.8 Å². The molecule has 1 aromatic heterocycles. The largest absolute Gasteiger partial charge is 0.490 e. The second-order valence-electron chi connectivity index (χ2n) is 8.22. The molecule has 8 nitrogen and oxygen atoms in total. The summed E-state index contributed by atoms with van der Waals surface area (Å²) in [5.41, 5.74) is 4.14. The van der Waals surface area contributed by atoms with Gasteiger partial charge in [-0.3, -0.25) is 0 Å². The van der Waals surface area contributed by atoms with E-state index in [1.54, 1.807) is 32.3 Å². The number of ether oxygens (including phenoxy) is 1. The number of carbonyl (C=O) groups excluding carboxylic acids is 1. The molecule has 3 aromatic rings. The Morgan fingerprint density at radius 1 is 1.26 bits per heavy atom. The van der Waals surface area contributed by atoms with E-state index in [2.05, 4.69) is 21.5 Å². The third-order valence-corrected chi connectivity index (χ3v) is 5.35. The molecule has 8 heteroatoms. The third kappa shape index (κ3) is 5.20. The molecule has 0 aliphatic heterocycles. The smallest absolute Gasteiger partial charge is 0.317 e. The van der Waals surface area contributed by atoms with Crippen molar-refractivity contribution in [1.29, 1.82) is 5.26 Å². The zero-order chi connectivity index (χ0) is 24.8. The van der Waals surface area contributed by atoms with Crippen LogP contribution in [0, 0.1) is 11.3 Å². The standard InChI is InChI=1S/C24H25N5O3.C2H6/c1-14(2)31-21-11-8-15(12-16(21)13-25)23-27-22(28-32-23)19-7-5-6-18-17(19)9-10-20(18)26-24(30)29(3)4;1-2/h5-8,11-12,14,20H,9-10H2,1-4H3,(H,26,30);1-2H3. The van der Waals surface area contributed by atoms with Gasteiger partial charge >= 0.3 is 6.03 Å². The first-order valence-electron chi connectivity index (χ1n) is 11.5. The SMILES string of the molecule is CC.CC(C)Oc1ccc(-c2nc(-c3cccc4c3CCC4NC(=O)N(C)C)no2)cc1C#N. The van der Waals surface area contributed by atoms with E-state index in [0.717, 1.165) is 29.5 Å². The van der Waals surface area contributed by atoms with Crippen LogP contribution < -0.4 is 10.1 Å². The molecule has 1 unspecified atom stereocenters. The molecular weight excluding hydrogens is 430 g/mol. The number of fused-ring (bicyclic) bond motifs is 1. The normalized spacial score (nSPS) is 14.0. The highest BCUT2D eigenvalue weighted by molar-refractivity contribution is 5.75. The van der Waals surface area contributed by atoms with Gasteiger partial charge in [-0.2, -0.15) is 10.2 Å². The van der Waals surface area contributed by atoms with Crippen molar-refractivity contribution in [3.63, 3.8) is 0 Å². The maximum atomic E-state index is 12.1. The van der Waals surface area contributed by atoms with Crippen molar-refractivity contribution in [2.45, 2.75) is 52.7 Å². The monoisotopic (exact) mass is 461 g/mol. The van der Waals surface area contributed by atoms with Gasteiger partial charge in [-0.15, -0.1) is 0 Å². The average Bonchev–Trinajstić information content (AvgIpc) is 3.48. The van der Waals surface area contributed by atoms with Gasteiger partial charge in [-0.25, -0.2) is 4.79 Å². The van der Waals surface area contributed by atoms with Crippen LogP contribution in [0.15, 0.2) is 40.9 Å². The summed E-state index contributed by atoms with van der Waals surface area (Å²) >= 11 is 0. The Labute approximate surface area is 200 Å². The molecule has 0 bridgehead atoms. The number of hydrogen-bond acceptors (Lipinski definition) is 6. The number of hydrogen-bond donors (Lipinski definition) is 1. The minimum Gasteiger partial charge on any atom is -0.490 e. The minimum atomic E-state index is -0.117. The predicted octanol–water partition coefficient (Wildman–Crippen LogP) is 5.35. The fourth-order valence-electron chi connectivity index (χ4n) is 3.85. The first kappa shape index (κ1) is 24.8. The van der Waals surface area contributed by atoms with E-state index in [4.69, 9.17) is 9.26 Å². The molecule has 1 aliphatic rings. The summed E-state index contributed by atoms with van der Waals surface area (Å²) in [7, 11) is 3.45. The van der Waals surface area contributed by atoms with Gasteiger partial charge in [0.05, 0.1) is 17.7 Å². The predicted molar refractivity (Wildman–Crippen MR) is 130 cm³/mol. The Bertz CT molecular complexity index is 1190. The number of nitrogens with one attached hydrogen (secondary N) is 1. The Kier molecular flexibility index (Phi) is 7.90. The summed E-state index contributed by atoms with van der Waals surface area (Å²) in [5.74, 6) is 1.34. The van der Waals surface area contributed by atoms with Gasteiger partial charge in [0.25, 0.3) is 5.89 Å². The first-order chi connectivity index (χ1) is 16.4. The average molecular weight is 462 g/mol. The van der Waals surface area contributed by atoms with Gasteiger partial charge in [0.1, 0.15) is 11.8 Å². The van der Waals surface area contributed by atoms with Gasteiger partial charge in [0.15, 0.2) is 0 Å².